The van der Waals surface area contributed by atoms with Crippen molar-refractivity contribution in [2.45, 2.75) is 12.2 Å². The number of benzene rings is 1. The molecule has 0 bridgehead atoms. The van der Waals surface area contributed by atoms with E-state index in [9.17, 15) is 13.2 Å². The maximum atomic E-state index is 13.4. The molecule has 0 amide bonds. The largest absolute Gasteiger partial charge is 0.408 e. The maximum Gasteiger partial charge on any atom is 0.408 e. The van der Waals surface area contributed by atoms with Crippen LogP contribution in [0.15, 0.2) is 24.3 Å². The quantitative estimate of drug-likeness (QED) is 0.766. The minimum atomic E-state index is -4.35. The van der Waals surface area contributed by atoms with E-state index in [-0.39, 0.29) is 11.0 Å². The number of alkyl halides is 3. The fourth-order valence-electron chi connectivity index (χ4n) is 2.81. The van der Waals surface area contributed by atoms with Gasteiger partial charge in [-0.25, -0.2) is 8.61 Å². The predicted octanol–water partition coefficient (Wildman–Crippen LogP) is 3.77. The molecular weight excluding hydrogens is 337 g/mol. The van der Waals surface area contributed by atoms with Crippen LogP contribution in [-0.4, -0.2) is 48.1 Å². The molecule has 8 heteroatoms. The standard InChI is InChI=1S/C14H16ClF3N2OS/c1-19(22-20-6-13(7-20)8-21-9-13)12(14(16,17)18)10-2-4-11(15)5-3-10/h2-5,12H,6-9H2,1H3/t12-/m1/s1. The van der Waals surface area contributed by atoms with Gasteiger partial charge < -0.3 is 4.74 Å². The molecule has 0 aromatic heterocycles. The lowest BCUT2D eigenvalue weighted by Crippen LogP contribution is -2.64. The number of hydrogen-bond donors (Lipinski definition) is 0. The zero-order valence-electron chi connectivity index (χ0n) is 11.9. The second-order valence-electron chi connectivity index (χ2n) is 5.91. The first-order valence-corrected chi connectivity index (χ1v) is 7.96. The topological polar surface area (TPSA) is 15.7 Å². The summed E-state index contributed by atoms with van der Waals surface area (Å²) < 4.78 is 48.7. The SMILES string of the molecule is CN(SN1CC2(COC2)C1)[C@H](c1ccc(Cl)cc1)C(F)(F)F. The van der Waals surface area contributed by atoms with Crippen LogP contribution in [0.1, 0.15) is 11.6 Å². The third kappa shape index (κ3) is 3.23. The van der Waals surface area contributed by atoms with Gasteiger partial charge in [0, 0.05) is 35.7 Å². The van der Waals surface area contributed by atoms with Crippen LogP contribution in [0.4, 0.5) is 13.2 Å². The second kappa shape index (κ2) is 5.87. The van der Waals surface area contributed by atoms with Crippen molar-refractivity contribution in [1.82, 2.24) is 8.61 Å². The van der Waals surface area contributed by atoms with Gasteiger partial charge in [-0.2, -0.15) is 13.2 Å². The van der Waals surface area contributed by atoms with E-state index in [0.717, 1.165) is 25.2 Å². The van der Waals surface area contributed by atoms with Crippen LogP contribution in [-0.2, 0) is 4.74 Å². The number of hydrogen-bond acceptors (Lipinski definition) is 4. The Morgan fingerprint density at radius 2 is 1.86 bits per heavy atom. The Hall–Kier alpha value is -0.470. The zero-order valence-corrected chi connectivity index (χ0v) is 13.5. The summed E-state index contributed by atoms with van der Waals surface area (Å²) in [6.45, 7) is 2.97. The molecule has 0 N–H and O–H groups in total. The molecule has 2 saturated heterocycles. The van der Waals surface area contributed by atoms with Gasteiger partial charge in [-0.1, -0.05) is 23.7 Å². The molecule has 1 atom stereocenters. The molecule has 122 valence electrons. The third-order valence-corrected chi connectivity index (χ3v) is 5.15. The van der Waals surface area contributed by atoms with E-state index in [1.807, 2.05) is 4.31 Å². The molecule has 2 aliphatic heterocycles. The van der Waals surface area contributed by atoms with Gasteiger partial charge in [0.25, 0.3) is 0 Å². The third-order valence-electron chi connectivity index (χ3n) is 3.94. The van der Waals surface area contributed by atoms with Crippen LogP contribution in [0.3, 0.4) is 0 Å². The minimum Gasteiger partial charge on any atom is -0.380 e. The first-order chi connectivity index (χ1) is 10.3. The van der Waals surface area contributed by atoms with Crippen molar-refractivity contribution in [1.29, 1.82) is 0 Å². The van der Waals surface area contributed by atoms with Gasteiger partial charge in [0.2, 0.25) is 0 Å². The lowest BCUT2D eigenvalue weighted by molar-refractivity contribution is -0.175. The Morgan fingerprint density at radius 3 is 2.32 bits per heavy atom. The van der Waals surface area contributed by atoms with Gasteiger partial charge in [-0.15, -0.1) is 0 Å². The van der Waals surface area contributed by atoms with Crippen LogP contribution in [0, 0.1) is 5.41 Å². The molecule has 1 spiro atoms. The van der Waals surface area contributed by atoms with Gasteiger partial charge in [0.15, 0.2) is 0 Å². The summed E-state index contributed by atoms with van der Waals surface area (Å²) in [6, 6.07) is 4.16. The summed E-state index contributed by atoms with van der Waals surface area (Å²) in [5.74, 6) is 0. The van der Waals surface area contributed by atoms with Crippen LogP contribution in [0.2, 0.25) is 5.02 Å². The Kier molecular flexibility index (Phi) is 4.37. The molecule has 0 radical (unpaired) electrons. The lowest BCUT2D eigenvalue weighted by atomic mass is 9.80. The van der Waals surface area contributed by atoms with Crippen molar-refractivity contribution >= 4 is 23.7 Å². The van der Waals surface area contributed by atoms with Crippen molar-refractivity contribution in [2.24, 2.45) is 5.41 Å². The van der Waals surface area contributed by atoms with Gasteiger partial charge in [-0.3, -0.25) is 0 Å². The van der Waals surface area contributed by atoms with E-state index in [1.165, 1.54) is 35.6 Å². The van der Waals surface area contributed by atoms with E-state index < -0.39 is 12.2 Å². The van der Waals surface area contributed by atoms with Crippen molar-refractivity contribution in [3.8, 4) is 0 Å². The Morgan fingerprint density at radius 1 is 1.27 bits per heavy atom. The van der Waals surface area contributed by atoms with Gasteiger partial charge in [-0.05, 0) is 24.7 Å². The fraction of sp³-hybridized carbons (Fsp3) is 0.571. The second-order valence-corrected chi connectivity index (χ2v) is 7.61. The van der Waals surface area contributed by atoms with Crippen LogP contribution >= 0.6 is 23.7 Å². The molecule has 0 aliphatic carbocycles. The highest BCUT2D eigenvalue weighted by Gasteiger charge is 2.51. The summed E-state index contributed by atoms with van der Waals surface area (Å²) in [6.07, 6.45) is -4.35. The van der Waals surface area contributed by atoms with Gasteiger partial charge >= 0.3 is 6.18 Å². The average Bonchev–Trinajstić information content (AvgIpc) is 2.32. The molecule has 0 unspecified atom stereocenters. The van der Waals surface area contributed by atoms with E-state index in [0.29, 0.717) is 18.2 Å². The number of ether oxygens (including phenoxy) is 1. The van der Waals surface area contributed by atoms with Gasteiger partial charge in [0.1, 0.15) is 6.04 Å². The molecule has 1 aromatic carbocycles. The molecular formula is C14H16ClF3N2OS. The van der Waals surface area contributed by atoms with E-state index in [1.54, 1.807) is 0 Å². The monoisotopic (exact) mass is 352 g/mol. The minimum absolute atomic E-state index is 0.182. The number of rotatable bonds is 4. The van der Waals surface area contributed by atoms with E-state index in [4.69, 9.17) is 16.3 Å². The molecule has 3 rings (SSSR count). The van der Waals surface area contributed by atoms with Gasteiger partial charge in [0.05, 0.1) is 13.2 Å². The average molecular weight is 353 g/mol. The molecule has 3 nitrogen and oxygen atoms in total. The van der Waals surface area contributed by atoms with Crippen molar-refractivity contribution in [3.05, 3.63) is 34.9 Å². The van der Waals surface area contributed by atoms with Crippen molar-refractivity contribution in [3.63, 3.8) is 0 Å². The molecule has 2 aliphatic rings. The predicted molar refractivity (Wildman–Crippen MR) is 80.4 cm³/mol. The lowest BCUT2D eigenvalue weighted by Gasteiger charge is -2.55. The normalized spacial score (nSPS) is 22.5. The van der Waals surface area contributed by atoms with E-state index in [2.05, 4.69) is 0 Å². The van der Waals surface area contributed by atoms with Crippen molar-refractivity contribution in [2.75, 3.05) is 33.4 Å². The molecule has 0 saturated carbocycles. The number of nitrogens with zero attached hydrogens (tertiary/aromatic N) is 2. The Balaban J connectivity index is 1.68. The Labute approximate surface area is 136 Å². The highest BCUT2D eigenvalue weighted by Crippen LogP contribution is 2.46. The van der Waals surface area contributed by atoms with Crippen molar-refractivity contribution < 1.29 is 17.9 Å². The summed E-state index contributed by atoms with van der Waals surface area (Å²) in [5, 5.41) is 0.426. The van der Waals surface area contributed by atoms with Crippen LogP contribution in [0.5, 0.6) is 0 Å². The first kappa shape index (κ1) is 16.4. The molecule has 2 heterocycles. The fourth-order valence-corrected chi connectivity index (χ4v) is 4.30. The Bertz CT molecular complexity index is 528. The summed E-state index contributed by atoms with van der Waals surface area (Å²) in [7, 11) is 1.47. The first-order valence-electron chi connectivity index (χ1n) is 6.85. The zero-order chi connectivity index (χ0) is 16.0. The molecule has 1 aromatic rings. The number of halogens is 4. The van der Waals surface area contributed by atoms with Crippen LogP contribution in [0.25, 0.3) is 0 Å². The maximum absolute atomic E-state index is 13.4. The summed E-state index contributed by atoms with van der Waals surface area (Å²) >= 11 is 6.89. The highest BCUT2D eigenvalue weighted by molar-refractivity contribution is 7.94. The van der Waals surface area contributed by atoms with E-state index >= 15 is 0 Å². The smallest absolute Gasteiger partial charge is 0.380 e. The summed E-state index contributed by atoms with van der Waals surface area (Å²) in [5.41, 5.74) is 0.371. The molecule has 2 fully saturated rings. The van der Waals surface area contributed by atoms with Crippen LogP contribution < -0.4 is 0 Å². The molecule has 22 heavy (non-hydrogen) atoms. The summed E-state index contributed by atoms with van der Waals surface area (Å²) in [4.78, 5) is 0. The highest BCUT2D eigenvalue weighted by atomic mass is 35.5.